The molecule has 0 heterocycles. The summed E-state index contributed by atoms with van der Waals surface area (Å²) in [4.78, 5) is 0. The number of aryl methyl sites for hydroxylation is 1. The zero-order valence-electron chi connectivity index (χ0n) is 10.5. The van der Waals surface area contributed by atoms with Gasteiger partial charge in [-0.1, -0.05) is 38.1 Å². The summed E-state index contributed by atoms with van der Waals surface area (Å²) in [6, 6.07) is 9.49. The Morgan fingerprint density at radius 2 is 1.75 bits per heavy atom. The van der Waals surface area contributed by atoms with Crippen LogP contribution in [0.25, 0.3) is 0 Å². The van der Waals surface area contributed by atoms with E-state index in [-0.39, 0.29) is 0 Å². The molecule has 0 amide bonds. The molecular weight excluding hydrogens is 196 g/mol. The molecule has 0 fully saturated rings. The molecule has 0 radical (unpaired) electrons. The Balaban J connectivity index is 2.49. The molecule has 0 aromatic heterocycles. The first-order chi connectivity index (χ1) is 7.80. The van der Waals surface area contributed by atoms with E-state index < -0.39 is 0 Å². The smallest absolute Gasteiger partial charge is 0.0105 e. The molecule has 0 aliphatic rings. The predicted octanol–water partition coefficient (Wildman–Crippen LogP) is 2.12. The van der Waals surface area contributed by atoms with E-state index in [1.54, 1.807) is 0 Å². The molecule has 3 N–H and O–H groups in total. The third-order valence-corrected chi connectivity index (χ3v) is 2.98. The van der Waals surface area contributed by atoms with E-state index in [1.165, 1.54) is 11.1 Å². The maximum atomic E-state index is 5.50. The molecule has 2 nitrogen and oxygen atoms in total. The standard InChI is InChI=1S/C14H24N2/c1-3-12-5-7-13(8-6-12)11-14(4-2)16-10-9-15/h5-8,14,16H,3-4,9-11,15H2,1-2H3. The van der Waals surface area contributed by atoms with Crippen LogP contribution in [0.4, 0.5) is 0 Å². The normalized spacial score (nSPS) is 12.7. The van der Waals surface area contributed by atoms with Crippen LogP contribution in [0.5, 0.6) is 0 Å². The fourth-order valence-electron chi connectivity index (χ4n) is 1.84. The van der Waals surface area contributed by atoms with Gasteiger partial charge in [0.25, 0.3) is 0 Å². The first-order valence-corrected chi connectivity index (χ1v) is 6.31. The lowest BCUT2D eigenvalue weighted by Gasteiger charge is -2.16. The van der Waals surface area contributed by atoms with Gasteiger partial charge in [0.05, 0.1) is 0 Å². The first kappa shape index (κ1) is 13.2. The van der Waals surface area contributed by atoms with Gasteiger partial charge in [-0.2, -0.15) is 0 Å². The minimum Gasteiger partial charge on any atom is -0.329 e. The van der Waals surface area contributed by atoms with Gasteiger partial charge in [-0.05, 0) is 30.4 Å². The molecule has 1 unspecified atom stereocenters. The molecule has 1 aromatic rings. The van der Waals surface area contributed by atoms with Crippen LogP contribution < -0.4 is 11.1 Å². The summed E-state index contributed by atoms with van der Waals surface area (Å²) >= 11 is 0. The maximum Gasteiger partial charge on any atom is 0.0105 e. The van der Waals surface area contributed by atoms with Gasteiger partial charge in [0.2, 0.25) is 0 Å². The van der Waals surface area contributed by atoms with Crippen molar-refractivity contribution in [3.63, 3.8) is 0 Å². The van der Waals surface area contributed by atoms with Gasteiger partial charge in [0.15, 0.2) is 0 Å². The van der Waals surface area contributed by atoms with Crippen molar-refractivity contribution in [2.45, 2.75) is 39.2 Å². The second-order valence-electron chi connectivity index (χ2n) is 4.22. The highest BCUT2D eigenvalue weighted by atomic mass is 14.9. The van der Waals surface area contributed by atoms with E-state index in [4.69, 9.17) is 5.73 Å². The molecule has 0 aliphatic heterocycles. The van der Waals surface area contributed by atoms with Crippen LogP contribution in [0.2, 0.25) is 0 Å². The first-order valence-electron chi connectivity index (χ1n) is 6.31. The van der Waals surface area contributed by atoms with Gasteiger partial charge in [-0.25, -0.2) is 0 Å². The molecule has 1 atom stereocenters. The molecule has 0 saturated heterocycles. The molecule has 1 aromatic carbocycles. The second kappa shape index (κ2) is 7.42. The molecule has 0 spiro atoms. The lowest BCUT2D eigenvalue weighted by molar-refractivity contribution is 0.501. The van der Waals surface area contributed by atoms with Crippen molar-refractivity contribution in [2.75, 3.05) is 13.1 Å². The van der Waals surface area contributed by atoms with Crippen molar-refractivity contribution in [2.24, 2.45) is 5.73 Å². The number of nitrogens with two attached hydrogens (primary N) is 1. The van der Waals surface area contributed by atoms with E-state index in [1.807, 2.05) is 0 Å². The number of nitrogens with one attached hydrogen (secondary N) is 1. The topological polar surface area (TPSA) is 38.0 Å². The van der Waals surface area contributed by atoms with Gasteiger partial charge >= 0.3 is 0 Å². The predicted molar refractivity (Wildman–Crippen MR) is 70.7 cm³/mol. The third kappa shape index (κ3) is 4.33. The zero-order chi connectivity index (χ0) is 11.8. The van der Waals surface area contributed by atoms with Gasteiger partial charge < -0.3 is 11.1 Å². The van der Waals surface area contributed by atoms with E-state index in [0.29, 0.717) is 12.6 Å². The Labute approximate surface area is 99.2 Å². The quantitative estimate of drug-likeness (QED) is 0.738. The van der Waals surface area contributed by atoms with Gasteiger partial charge in [-0.15, -0.1) is 0 Å². The highest BCUT2D eigenvalue weighted by molar-refractivity contribution is 5.23. The van der Waals surface area contributed by atoms with E-state index in [0.717, 1.165) is 25.8 Å². The van der Waals surface area contributed by atoms with Gasteiger partial charge in [0.1, 0.15) is 0 Å². The molecule has 16 heavy (non-hydrogen) atoms. The minimum absolute atomic E-state index is 0.552. The number of hydrogen-bond acceptors (Lipinski definition) is 2. The van der Waals surface area contributed by atoms with Crippen LogP contribution >= 0.6 is 0 Å². The lowest BCUT2D eigenvalue weighted by atomic mass is 10.0. The van der Waals surface area contributed by atoms with Crippen molar-refractivity contribution in [1.82, 2.24) is 5.32 Å². The van der Waals surface area contributed by atoms with Crippen LogP contribution in [0.15, 0.2) is 24.3 Å². The van der Waals surface area contributed by atoms with Crippen molar-refractivity contribution in [3.05, 3.63) is 35.4 Å². The average molecular weight is 220 g/mol. The lowest BCUT2D eigenvalue weighted by Crippen LogP contribution is -2.34. The SMILES string of the molecule is CCc1ccc(CC(CC)NCCN)cc1. The Morgan fingerprint density at radius 3 is 2.25 bits per heavy atom. The molecular formula is C14H24N2. The van der Waals surface area contributed by atoms with Crippen molar-refractivity contribution in [3.8, 4) is 0 Å². The summed E-state index contributed by atoms with van der Waals surface area (Å²) in [6.07, 6.45) is 3.36. The summed E-state index contributed by atoms with van der Waals surface area (Å²) in [6.45, 7) is 6.03. The summed E-state index contributed by atoms with van der Waals surface area (Å²) in [5, 5.41) is 3.47. The highest BCUT2D eigenvalue weighted by Gasteiger charge is 2.05. The second-order valence-corrected chi connectivity index (χ2v) is 4.22. The van der Waals surface area contributed by atoms with Crippen LogP contribution in [-0.2, 0) is 12.8 Å². The molecule has 1 rings (SSSR count). The summed E-state index contributed by atoms with van der Waals surface area (Å²) < 4.78 is 0. The molecule has 0 saturated carbocycles. The Hall–Kier alpha value is -0.860. The average Bonchev–Trinajstić information content (AvgIpc) is 2.35. The van der Waals surface area contributed by atoms with E-state index in [2.05, 4.69) is 43.4 Å². The highest BCUT2D eigenvalue weighted by Crippen LogP contribution is 2.08. The fraction of sp³-hybridized carbons (Fsp3) is 0.571. The third-order valence-electron chi connectivity index (χ3n) is 2.98. The minimum atomic E-state index is 0.552. The largest absolute Gasteiger partial charge is 0.329 e. The Morgan fingerprint density at radius 1 is 1.12 bits per heavy atom. The molecule has 90 valence electrons. The van der Waals surface area contributed by atoms with Crippen molar-refractivity contribution in [1.29, 1.82) is 0 Å². The van der Waals surface area contributed by atoms with Crippen LogP contribution in [0.1, 0.15) is 31.4 Å². The zero-order valence-corrected chi connectivity index (χ0v) is 10.5. The van der Waals surface area contributed by atoms with Crippen LogP contribution in [0, 0.1) is 0 Å². The number of benzene rings is 1. The molecule has 0 bridgehead atoms. The summed E-state index contributed by atoms with van der Waals surface area (Å²) in [5.74, 6) is 0. The summed E-state index contributed by atoms with van der Waals surface area (Å²) in [5.41, 5.74) is 8.32. The van der Waals surface area contributed by atoms with Crippen molar-refractivity contribution >= 4 is 0 Å². The van der Waals surface area contributed by atoms with Crippen LogP contribution in [-0.4, -0.2) is 19.1 Å². The van der Waals surface area contributed by atoms with E-state index >= 15 is 0 Å². The molecule has 2 heteroatoms. The van der Waals surface area contributed by atoms with Crippen molar-refractivity contribution < 1.29 is 0 Å². The molecule has 0 aliphatic carbocycles. The van der Waals surface area contributed by atoms with Gasteiger partial charge in [-0.3, -0.25) is 0 Å². The van der Waals surface area contributed by atoms with Crippen LogP contribution in [0.3, 0.4) is 0 Å². The Kier molecular flexibility index (Phi) is 6.12. The maximum absolute atomic E-state index is 5.50. The van der Waals surface area contributed by atoms with Gasteiger partial charge in [0, 0.05) is 19.1 Å². The number of hydrogen-bond donors (Lipinski definition) is 2. The van der Waals surface area contributed by atoms with E-state index in [9.17, 15) is 0 Å². The Bertz CT molecular complexity index is 279. The fourth-order valence-corrected chi connectivity index (χ4v) is 1.84. The number of rotatable bonds is 7. The monoisotopic (exact) mass is 220 g/mol. The summed E-state index contributed by atoms with van der Waals surface area (Å²) in [7, 11) is 0.